The lowest BCUT2D eigenvalue weighted by Gasteiger charge is -2.18. The van der Waals surface area contributed by atoms with Crippen LogP contribution in [0.1, 0.15) is 6.92 Å². The molecule has 0 aliphatic heterocycles. The molecular weight excluding hydrogens is 351 g/mol. The van der Waals surface area contributed by atoms with Gasteiger partial charge >= 0.3 is 0 Å². The van der Waals surface area contributed by atoms with Gasteiger partial charge in [-0.2, -0.15) is 0 Å². The van der Waals surface area contributed by atoms with Crippen LogP contribution in [0.4, 0.5) is 0 Å². The number of alkyl halides is 1. The largest absolute Gasteiger partial charge is 0.0931 e. The standard InChI is InChI=1S/C18H15P.C2H5Br/c1-4-10-16(11-5-1)19(17-12-6-2-7-13-17)18-14-8-3-9-15-18;1-2-3/h1-15H;2H2,1H3. The monoisotopic (exact) mass is 370 g/mol. The molecule has 0 saturated heterocycles. The van der Waals surface area contributed by atoms with Crippen molar-refractivity contribution in [1.82, 2.24) is 0 Å². The summed E-state index contributed by atoms with van der Waals surface area (Å²) >= 11 is 3.15. The number of benzene rings is 3. The molecular formula is C20H20BrP. The Morgan fingerprint density at radius 1 is 0.591 bits per heavy atom. The summed E-state index contributed by atoms with van der Waals surface area (Å²) in [4.78, 5) is 0. The molecule has 0 amide bonds. The van der Waals surface area contributed by atoms with E-state index in [1.807, 2.05) is 6.92 Å². The normalized spacial score (nSPS) is 9.95. The second-order valence-electron chi connectivity index (χ2n) is 4.61. The van der Waals surface area contributed by atoms with Gasteiger partial charge in [-0.25, -0.2) is 0 Å². The first-order chi connectivity index (χ1) is 10.9. The summed E-state index contributed by atoms with van der Waals surface area (Å²) in [6.45, 7) is 2.04. The summed E-state index contributed by atoms with van der Waals surface area (Å²) in [5, 5.41) is 5.26. The Hall–Kier alpha value is -1.43. The van der Waals surface area contributed by atoms with Gasteiger partial charge in [0.1, 0.15) is 0 Å². The average molecular weight is 371 g/mol. The Morgan fingerprint density at radius 2 is 0.818 bits per heavy atom. The molecule has 3 rings (SSSR count). The van der Waals surface area contributed by atoms with Crippen molar-refractivity contribution in [3.63, 3.8) is 0 Å². The Morgan fingerprint density at radius 3 is 1.05 bits per heavy atom. The molecule has 112 valence electrons. The fourth-order valence-electron chi connectivity index (χ4n) is 2.18. The average Bonchev–Trinajstić information content (AvgIpc) is 2.59. The van der Waals surface area contributed by atoms with Crippen molar-refractivity contribution < 1.29 is 0 Å². The van der Waals surface area contributed by atoms with Crippen LogP contribution in [0.2, 0.25) is 0 Å². The molecule has 0 spiro atoms. The van der Waals surface area contributed by atoms with E-state index in [9.17, 15) is 0 Å². The predicted molar refractivity (Wildman–Crippen MR) is 105 cm³/mol. The van der Waals surface area contributed by atoms with Gasteiger partial charge in [-0.15, -0.1) is 0 Å². The summed E-state index contributed by atoms with van der Waals surface area (Å²) in [6.07, 6.45) is 0. The Kier molecular flexibility index (Phi) is 7.36. The van der Waals surface area contributed by atoms with Crippen LogP contribution in [0.15, 0.2) is 91.0 Å². The molecule has 22 heavy (non-hydrogen) atoms. The number of hydrogen-bond donors (Lipinski definition) is 0. The van der Waals surface area contributed by atoms with Gasteiger partial charge < -0.3 is 0 Å². The van der Waals surface area contributed by atoms with Crippen LogP contribution in [0.25, 0.3) is 0 Å². The fourth-order valence-corrected chi connectivity index (χ4v) is 4.48. The third-order valence-corrected chi connectivity index (χ3v) is 5.49. The van der Waals surface area contributed by atoms with Crippen LogP contribution in [0.5, 0.6) is 0 Å². The van der Waals surface area contributed by atoms with E-state index in [1.54, 1.807) is 0 Å². The second-order valence-corrected chi connectivity index (χ2v) is 7.95. The minimum absolute atomic E-state index is 0.446. The van der Waals surface area contributed by atoms with Gasteiger partial charge in [0.15, 0.2) is 0 Å². The molecule has 2 heteroatoms. The van der Waals surface area contributed by atoms with Gasteiger partial charge in [0, 0.05) is 5.33 Å². The van der Waals surface area contributed by atoms with E-state index in [2.05, 4.69) is 107 Å². The first-order valence-electron chi connectivity index (χ1n) is 7.38. The lowest BCUT2D eigenvalue weighted by atomic mass is 10.4. The predicted octanol–water partition coefficient (Wildman–Crippen LogP) is 4.85. The van der Waals surface area contributed by atoms with E-state index in [0.717, 1.165) is 5.33 Å². The van der Waals surface area contributed by atoms with Crippen LogP contribution in [-0.2, 0) is 0 Å². The molecule has 0 radical (unpaired) electrons. The third kappa shape index (κ3) is 4.80. The zero-order chi connectivity index (χ0) is 15.6. The highest BCUT2D eigenvalue weighted by Crippen LogP contribution is 2.32. The first kappa shape index (κ1) is 16.9. The van der Waals surface area contributed by atoms with Gasteiger partial charge in [0.2, 0.25) is 0 Å². The Balaban J connectivity index is 0.000000545. The van der Waals surface area contributed by atoms with E-state index in [4.69, 9.17) is 0 Å². The van der Waals surface area contributed by atoms with Gasteiger partial charge in [-0.1, -0.05) is 114 Å². The molecule has 0 saturated carbocycles. The maximum absolute atomic E-state index is 3.15. The molecule has 0 nitrogen and oxygen atoms in total. The van der Waals surface area contributed by atoms with E-state index < -0.39 is 7.92 Å². The quantitative estimate of drug-likeness (QED) is 0.456. The maximum atomic E-state index is 3.15. The van der Waals surface area contributed by atoms with Gasteiger partial charge in [0.05, 0.1) is 0 Å². The lowest BCUT2D eigenvalue weighted by molar-refractivity contribution is 1.56. The maximum Gasteiger partial charge on any atom is 0.000281 e. The van der Waals surface area contributed by atoms with E-state index in [0.29, 0.717) is 0 Å². The summed E-state index contributed by atoms with van der Waals surface area (Å²) in [5.74, 6) is 0. The van der Waals surface area contributed by atoms with Crippen molar-refractivity contribution in [1.29, 1.82) is 0 Å². The highest BCUT2D eigenvalue weighted by molar-refractivity contribution is 9.09. The molecule has 3 aromatic carbocycles. The number of halogens is 1. The summed E-state index contributed by atoms with van der Waals surface area (Å²) in [6, 6.07) is 32.3. The van der Waals surface area contributed by atoms with Crippen molar-refractivity contribution in [2.45, 2.75) is 6.92 Å². The molecule has 0 N–H and O–H groups in total. The highest BCUT2D eigenvalue weighted by Gasteiger charge is 2.14. The van der Waals surface area contributed by atoms with E-state index >= 15 is 0 Å². The van der Waals surface area contributed by atoms with Crippen molar-refractivity contribution in [3.8, 4) is 0 Å². The molecule has 0 aromatic heterocycles. The van der Waals surface area contributed by atoms with Crippen LogP contribution in [0.3, 0.4) is 0 Å². The summed E-state index contributed by atoms with van der Waals surface area (Å²) in [7, 11) is -0.446. The lowest BCUT2D eigenvalue weighted by Crippen LogP contribution is -2.20. The van der Waals surface area contributed by atoms with Gasteiger partial charge in [-0.05, 0) is 23.8 Å². The topological polar surface area (TPSA) is 0 Å². The fraction of sp³-hybridized carbons (Fsp3) is 0.100. The molecule has 0 fully saturated rings. The molecule has 0 atom stereocenters. The van der Waals surface area contributed by atoms with Crippen molar-refractivity contribution in [2.24, 2.45) is 0 Å². The number of hydrogen-bond acceptors (Lipinski definition) is 0. The molecule has 0 heterocycles. The SMILES string of the molecule is CCBr.c1ccc(P(c2ccccc2)c2ccccc2)cc1. The first-order valence-corrected chi connectivity index (χ1v) is 9.84. The van der Waals surface area contributed by atoms with Crippen LogP contribution >= 0.6 is 23.9 Å². The minimum Gasteiger partial charge on any atom is -0.0931 e. The molecule has 0 aliphatic rings. The zero-order valence-electron chi connectivity index (χ0n) is 12.7. The molecule has 0 unspecified atom stereocenters. The van der Waals surface area contributed by atoms with Crippen molar-refractivity contribution in [3.05, 3.63) is 91.0 Å². The Labute approximate surface area is 143 Å². The van der Waals surface area contributed by atoms with Crippen molar-refractivity contribution >= 4 is 39.8 Å². The minimum atomic E-state index is -0.446. The van der Waals surface area contributed by atoms with Gasteiger partial charge in [-0.3, -0.25) is 0 Å². The van der Waals surface area contributed by atoms with E-state index in [-0.39, 0.29) is 0 Å². The highest BCUT2D eigenvalue weighted by atomic mass is 79.9. The summed E-state index contributed by atoms with van der Waals surface area (Å²) in [5.41, 5.74) is 0. The van der Waals surface area contributed by atoms with Crippen molar-refractivity contribution in [2.75, 3.05) is 5.33 Å². The second kappa shape index (κ2) is 9.56. The molecule has 0 aliphatic carbocycles. The van der Waals surface area contributed by atoms with Crippen LogP contribution < -0.4 is 15.9 Å². The number of rotatable bonds is 3. The van der Waals surface area contributed by atoms with Crippen LogP contribution in [-0.4, -0.2) is 5.33 Å². The summed E-state index contributed by atoms with van der Waals surface area (Å²) < 4.78 is 0. The van der Waals surface area contributed by atoms with E-state index in [1.165, 1.54) is 15.9 Å². The molecule has 3 aromatic rings. The zero-order valence-corrected chi connectivity index (χ0v) is 15.2. The third-order valence-electron chi connectivity index (χ3n) is 3.04. The molecule has 0 bridgehead atoms. The van der Waals surface area contributed by atoms with Gasteiger partial charge in [0.25, 0.3) is 0 Å². The Bertz CT molecular complexity index is 544. The van der Waals surface area contributed by atoms with Crippen LogP contribution in [0, 0.1) is 0 Å². The smallest absolute Gasteiger partial charge is 0.000281 e.